The summed E-state index contributed by atoms with van der Waals surface area (Å²) in [6.45, 7) is 1.30. The zero-order valence-electron chi connectivity index (χ0n) is 12.3. The quantitative estimate of drug-likeness (QED) is 0.482. The predicted octanol–water partition coefficient (Wildman–Crippen LogP) is 2.91. The van der Waals surface area contributed by atoms with Crippen LogP contribution in [0.15, 0.2) is 48.7 Å². The third-order valence-electron chi connectivity index (χ3n) is 2.79. The summed E-state index contributed by atoms with van der Waals surface area (Å²) < 4.78 is 10.1. The highest BCUT2D eigenvalue weighted by atomic mass is 16.6. The highest BCUT2D eigenvalue weighted by Gasteiger charge is 2.08. The number of allylic oxidation sites excluding steroid dienone is 1. The standard InChI is InChI=1S/C17H15NO4/c1-12(19)22-17-11-18-14(10-16(17)21-2)8-9-15(20)13-6-4-3-5-7-13/h3-11H,1-2H3/b9-8+. The van der Waals surface area contributed by atoms with Gasteiger partial charge in [-0.05, 0) is 12.2 Å². The van der Waals surface area contributed by atoms with Crippen molar-refractivity contribution in [3.8, 4) is 11.5 Å². The first-order valence-electron chi connectivity index (χ1n) is 6.60. The molecule has 0 fully saturated rings. The van der Waals surface area contributed by atoms with E-state index >= 15 is 0 Å². The lowest BCUT2D eigenvalue weighted by atomic mass is 10.1. The average Bonchev–Trinajstić information content (AvgIpc) is 2.54. The largest absolute Gasteiger partial charge is 0.493 e. The number of hydrogen-bond acceptors (Lipinski definition) is 5. The minimum absolute atomic E-state index is 0.120. The van der Waals surface area contributed by atoms with Gasteiger partial charge in [-0.3, -0.25) is 14.6 Å². The molecule has 1 heterocycles. The molecule has 0 spiro atoms. The van der Waals surface area contributed by atoms with Gasteiger partial charge in [-0.15, -0.1) is 0 Å². The SMILES string of the molecule is COc1cc(/C=C/C(=O)c2ccccc2)ncc1OC(C)=O. The molecule has 0 amide bonds. The van der Waals surface area contributed by atoms with Crippen LogP contribution in [0, 0.1) is 0 Å². The maximum Gasteiger partial charge on any atom is 0.308 e. The minimum atomic E-state index is -0.456. The predicted molar refractivity (Wildman–Crippen MR) is 81.9 cm³/mol. The van der Waals surface area contributed by atoms with E-state index in [1.165, 1.54) is 26.3 Å². The number of benzene rings is 1. The number of ether oxygens (including phenoxy) is 2. The van der Waals surface area contributed by atoms with E-state index in [0.29, 0.717) is 17.0 Å². The summed E-state index contributed by atoms with van der Waals surface area (Å²) in [4.78, 5) is 27.1. The number of hydrogen-bond donors (Lipinski definition) is 0. The molecule has 0 saturated heterocycles. The molecule has 112 valence electrons. The molecular formula is C17H15NO4. The first kappa shape index (κ1) is 15.4. The Bertz CT molecular complexity index is 708. The van der Waals surface area contributed by atoms with E-state index in [2.05, 4.69) is 4.98 Å². The van der Waals surface area contributed by atoms with Crippen LogP contribution in [0.4, 0.5) is 0 Å². The highest BCUT2D eigenvalue weighted by molar-refractivity contribution is 6.06. The Morgan fingerprint density at radius 3 is 2.50 bits per heavy atom. The van der Waals surface area contributed by atoms with E-state index in [9.17, 15) is 9.59 Å². The normalized spacial score (nSPS) is 10.5. The fourth-order valence-electron chi connectivity index (χ4n) is 1.78. The molecule has 0 aliphatic rings. The Balaban J connectivity index is 2.18. The van der Waals surface area contributed by atoms with Gasteiger partial charge in [0.05, 0.1) is 19.0 Å². The molecule has 1 aromatic carbocycles. The highest BCUT2D eigenvalue weighted by Crippen LogP contribution is 2.27. The molecule has 5 heteroatoms. The summed E-state index contributed by atoms with van der Waals surface area (Å²) >= 11 is 0. The van der Waals surface area contributed by atoms with Crippen LogP contribution in [0.25, 0.3) is 6.08 Å². The van der Waals surface area contributed by atoms with Gasteiger partial charge in [0.25, 0.3) is 0 Å². The average molecular weight is 297 g/mol. The van der Waals surface area contributed by atoms with E-state index in [1.54, 1.807) is 36.4 Å². The summed E-state index contributed by atoms with van der Waals surface area (Å²) in [5, 5.41) is 0. The molecule has 1 aromatic heterocycles. The van der Waals surface area contributed by atoms with Gasteiger partial charge in [-0.1, -0.05) is 30.3 Å². The minimum Gasteiger partial charge on any atom is -0.493 e. The summed E-state index contributed by atoms with van der Waals surface area (Å²) in [7, 11) is 1.46. The molecule has 0 aliphatic carbocycles. The van der Waals surface area contributed by atoms with Crippen molar-refractivity contribution < 1.29 is 19.1 Å². The number of carbonyl (C=O) groups is 2. The first-order chi connectivity index (χ1) is 10.6. The Morgan fingerprint density at radius 2 is 1.86 bits per heavy atom. The van der Waals surface area contributed by atoms with Gasteiger partial charge in [-0.25, -0.2) is 0 Å². The monoisotopic (exact) mass is 297 g/mol. The van der Waals surface area contributed by atoms with Crippen molar-refractivity contribution in [2.24, 2.45) is 0 Å². The molecule has 22 heavy (non-hydrogen) atoms. The van der Waals surface area contributed by atoms with E-state index < -0.39 is 5.97 Å². The zero-order chi connectivity index (χ0) is 15.9. The van der Waals surface area contributed by atoms with E-state index in [4.69, 9.17) is 9.47 Å². The zero-order valence-corrected chi connectivity index (χ0v) is 12.3. The van der Waals surface area contributed by atoms with Crippen molar-refractivity contribution in [3.63, 3.8) is 0 Å². The maximum atomic E-state index is 12.0. The van der Waals surface area contributed by atoms with Crippen LogP contribution < -0.4 is 9.47 Å². The van der Waals surface area contributed by atoms with E-state index in [-0.39, 0.29) is 11.5 Å². The maximum absolute atomic E-state index is 12.0. The molecule has 0 radical (unpaired) electrons. The number of pyridine rings is 1. The molecular weight excluding hydrogens is 282 g/mol. The molecule has 0 atom stereocenters. The van der Waals surface area contributed by atoms with E-state index in [1.807, 2.05) is 6.07 Å². The third-order valence-corrected chi connectivity index (χ3v) is 2.79. The van der Waals surface area contributed by atoms with Crippen molar-refractivity contribution in [1.82, 2.24) is 4.98 Å². The fourth-order valence-corrected chi connectivity index (χ4v) is 1.78. The van der Waals surface area contributed by atoms with E-state index in [0.717, 1.165) is 0 Å². The van der Waals surface area contributed by atoms with Crippen molar-refractivity contribution in [1.29, 1.82) is 0 Å². The van der Waals surface area contributed by atoms with Gasteiger partial charge in [0, 0.05) is 18.6 Å². The Morgan fingerprint density at radius 1 is 1.14 bits per heavy atom. The number of rotatable bonds is 5. The Labute approximate surface area is 128 Å². The number of carbonyl (C=O) groups excluding carboxylic acids is 2. The van der Waals surface area contributed by atoms with Gasteiger partial charge in [-0.2, -0.15) is 0 Å². The lowest BCUT2D eigenvalue weighted by Crippen LogP contribution is -2.03. The summed E-state index contributed by atoms with van der Waals surface area (Å²) in [5.41, 5.74) is 1.12. The van der Waals surface area contributed by atoms with Crippen molar-refractivity contribution >= 4 is 17.8 Å². The van der Waals surface area contributed by atoms with Gasteiger partial charge < -0.3 is 9.47 Å². The lowest BCUT2D eigenvalue weighted by molar-refractivity contribution is -0.132. The van der Waals surface area contributed by atoms with Crippen LogP contribution in [0.2, 0.25) is 0 Å². The van der Waals surface area contributed by atoms with Crippen molar-refractivity contribution in [2.45, 2.75) is 6.92 Å². The van der Waals surface area contributed by atoms with Crippen molar-refractivity contribution in [3.05, 3.63) is 59.9 Å². The van der Waals surface area contributed by atoms with Crippen LogP contribution in [0.5, 0.6) is 11.5 Å². The molecule has 0 bridgehead atoms. The Hall–Kier alpha value is -2.95. The topological polar surface area (TPSA) is 65.5 Å². The second-order valence-electron chi connectivity index (χ2n) is 4.42. The molecule has 0 aliphatic heterocycles. The molecule has 2 aromatic rings. The van der Waals surface area contributed by atoms with Crippen molar-refractivity contribution in [2.75, 3.05) is 7.11 Å². The number of aromatic nitrogens is 1. The number of nitrogens with zero attached hydrogens (tertiary/aromatic N) is 1. The van der Waals surface area contributed by atoms with Gasteiger partial charge in [0.15, 0.2) is 17.3 Å². The summed E-state index contributed by atoms with van der Waals surface area (Å²) in [6.07, 6.45) is 4.39. The van der Waals surface area contributed by atoms with Crippen LogP contribution >= 0.6 is 0 Å². The third kappa shape index (κ3) is 4.02. The first-order valence-corrected chi connectivity index (χ1v) is 6.60. The Kier molecular flexibility index (Phi) is 5.03. The summed E-state index contributed by atoms with van der Waals surface area (Å²) in [5.74, 6) is 0.0339. The van der Waals surface area contributed by atoms with Crippen LogP contribution in [0.3, 0.4) is 0 Å². The molecule has 0 saturated carbocycles. The molecule has 5 nitrogen and oxygen atoms in total. The second kappa shape index (κ2) is 7.17. The van der Waals surface area contributed by atoms with Crippen LogP contribution in [0.1, 0.15) is 23.0 Å². The van der Waals surface area contributed by atoms with Gasteiger partial charge in [0.2, 0.25) is 0 Å². The van der Waals surface area contributed by atoms with Gasteiger partial charge >= 0.3 is 5.97 Å². The fraction of sp³-hybridized carbons (Fsp3) is 0.118. The molecule has 2 rings (SSSR count). The number of ketones is 1. The summed E-state index contributed by atoms with van der Waals surface area (Å²) in [6, 6.07) is 10.5. The number of esters is 1. The van der Waals surface area contributed by atoms with Crippen LogP contribution in [-0.4, -0.2) is 23.8 Å². The molecule has 0 N–H and O–H groups in total. The molecule has 0 unspecified atom stereocenters. The van der Waals surface area contributed by atoms with Gasteiger partial charge in [0.1, 0.15) is 0 Å². The smallest absolute Gasteiger partial charge is 0.308 e. The number of methoxy groups -OCH3 is 1. The second-order valence-corrected chi connectivity index (χ2v) is 4.42. The lowest BCUT2D eigenvalue weighted by Gasteiger charge is -2.07. The van der Waals surface area contributed by atoms with Crippen LogP contribution in [-0.2, 0) is 4.79 Å².